The summed E-state index contributed by atoms with van der Waals surface area (Å²) in [6.07, 6.45) is 73.4. The van der Waals surface area contributed by atoms with E-state index in [-0.39, 0.29) is 25.2 Å². The van der Waals surface area contributed by atoms with Crippen LogP contribution in [0.3, 0.4) is 0 Å². The van der Waals surface area contributed by atoms with Gasteiger partial charge in [-0.05, 0) is 57.8 Å². The van der Waals surface area contributed by atoms with Gasteiger partial charge in [-0.25, -0.2) is 0 Å². The number of carbonyl (C=O) groups is 2. The van der Waals surface area contributed by atoms with E-state index in [1.165, 1.54) is 167 Å². The maximum absolute atomic E-state index is 12.3. The number of carbonyl (C=O) groups excluding carboxylic acids is 2. The van der Waals surface area contributed by atoms with Gasteiger partial charge in [0.25, 0.3) is 0 Å². The molecule has 372 valence electrons. The van der Waals surface area contributed by atoms with Crippen LogP contribution in [0, 0.1) is 0 Å². The summed E-state index contributed by atoms with van der Waals surface area (Å²) in [4.78, 5) is 24.5. The summed E-state index contributed by atoms with van der Waals surface area (Å²) >= 11 is 0. The molecule has 0 saturated heterocycles. The van der Waals surface area contributed by atoms with E-state index in [4.69, 9.17) is 9.47 Å². The smallest absolute Gasteiger partial charge is 0.306 e. The fourth-order valence-electron chi connectivity index (χ4n) is 8.17. The highest BCUT2D eigenvalue weighted by Gasteiger charge is 2.16. The van der Waals surface area contributed by atoms with Crippen LogP contribution in [0.1, 0.15) is 284 Å². The van der Waals surface area contributed by atoms with Gasteiger partial charge in [-0.2, -0.15) is 0 Å². The number of ether oxygens (including phenoxy) is 2. The van der Waals surface area contributed by atoms with Gasteiger partial charge in [-0.3, -0.25) is 9.59 Å². The van der Waals surface area contributed by atoms with E-state index < -0.39 is 6.10 Å². The predicted octanol–water partition coefficient (Wildman–Crippen LogP) is 18.6. The Morgan fingerprint density at radius 1 is 0.375 bits per heavy atom. The highest BCUT2D eigenvalue weighted by atomic mass is 16.6. The molecular formula is C59H106O5. The minimum absolute atomic E-state index is 0.0730. The van der Waals surface area contributed by atoms with Crippen LogP contribution in [-0.2, 0) is 19.1 Å². The van der Waals surface area contributed by atoms with E-state index in [1.807, 2.05) is 0 Å². The molecule has 64 heavy (non-hydrogen) atoms. The van der Waals surface area contributed by atoms with Crippen LogP contribution in [0.2, 0.25) is 0 Å². The summed E-state index contributed by atoms with van der Waals surface area (Å²) < 4.78 is 10.7. The molecule has 0 amide bonds. The molecule has 5 heteroatoms. The number of rotatable bonds is 51. The monoisotopic (exact) mass is 895 g/mol. The first kappa shape index (κ1) is 61.6. The van der Waals surface area contributed by atoms with Crippen LogP contribution in [0.4, 0.5) is 0 Å². The summed E-state index contributed by atoms with van der Waals surface area (Å²) in [5.74, 6) is -0.603. The number of allylic oxidation sites excluding steroid dienone is 10. The Hall–Kier alpha value is -2.40. The molecule has 0 fully saturated rings. The normalized spacial score (nSPS) is 12.6. The highest BCUT2D eigenvalue weighted by Crippen LogP contribution is 2.17. The number of hydrogen-bond acceptors (Lipinski definition) is 5. The predicted molar refractivity (Wildman–Crippen MR) is 279 cm³/mol. The van der Waals surface area contributed by atoms with Crippen molar-refractivity contribution in [3.05, 3.63) is 60.8 Å². The minimum atomic E-state index is -0.784. The lowest BCUT2D eigenvalue weighted by Gasteiger charge is -2.15. The Morgan fingerprint density at radius 2 is 0.672 bits per heavy atom. The number of hydrogen-bond donors (Lipinski definition) is 1. The highest BCUT2D eigenvalue weighted by molar-refractivity contribution is 5.70. The molecule has 0 bridgehead atoms. The average molecular weight is 895 g/mol. The Bertz CT molecular complexity index is 1100. The molecule has 0 heterocycles. The third-order valence-electron chi connectivity index (χ3n) is 12.3. The van der Waals surface area contributed by atoms with Gasteiger partial charge < -0.3 is 14.6 Å². The topological polar surface area (TPSA) is 72.8 Å². The number of aliphatic hydroxyl groups excluding tert-OH is 1. The third-order valence-corrected chi connectivity index (χ3v) is 12.3. The van der Waals surface area contributed by atoms with Crippen LogP contribution >= 0.6 is 0 Å². The van der Waals surface area contributed by atoms with Crippen molar-refractivity contribution in [3.63, 3.8) is 0 Å². The molecule has 0 aromatic heterocycles. The van der Waals surface area contributed by atoms with Gasteiger partial charge in [0.1, 0.15) is 6.61 Å². The number of unbranched alkanes of at least 4 members (excludes halogenated alkanes) is 33. The summed E-state index contributed by atoms with van der Waals surface area (Å²) in [5, 5.41) is 9.64. The van der Waals surface area contributed by atoms with Crippen molar-refractivity contribution in [1.29, 1.82) is 0 Å². The third kappa shape index (κ3) is 52.2. The van der Waals surface area contributed by atoms with Crippen LogP contribution in [-0.4, -0.2) is 36.4 Å². The van der Waals surface area contributed by atoms with Crippen LogP contribution in [0.5, 0.6) is 0 Å². The molecule has 0 aromatic rings. The molecule has 0 aliphatic rings. The second kappa shape index (κ2) is 54.9. The van der Waals surface area contributed by atoms with Crippen LogP contribution < -0.4 is 0 Å². The molecule has 5 nitrogen and oxygen atoms in total. The van der Waals surface area contributed by atoms with Crippen molar-refractivity contribution in [2.45, 2.75) is 290 Å². The second-order valence-electron chi connectivity index (χ2n) is 18.6. The van der Waals surface area contributed by atoms with Gasteiger partial charge in [-0.1, -0.05) is 274 Å². The number of aliphatic hydroxyl groups is 1. The Labute approximate surface area is 398 Å². The van der Waals surface area contributed by atoms with Gasteiger partial charge >= 0.3 is 11.9 Å². The molecule has 0 aliphatic heterocycles. The van der Waals surface area contributed by atoms with Crippen molar-refractivity contribution < 1.29 is 24.2 Å². The van der Waals surface area contributed by atoms with E-state index >= 15 is 0 Å². The molecule has 0 rings (SSSR count). The number of esters is 2. The van der Waals surface area contributed by atoms with Gasteiger partial charge in [0.05, 0.1) is 6.61 Å². The molecule has 1 unspecified atom stereocenters. The molecule has 0 aliphatic carbocycles. The van der Waals surface area contributed by atoms with E-state index in [2.05, 4.69) is 74.6 Å². The summed E-state index contributed by atoms with van der Waals surface area (Å²) in [5.41, 5.74) is 0. The second-order valence-corrected chi connectivity index (χ2v) is 18.6. The quantitative estimate of drug-likeness (QED) is 0.0374. The maximum atomic E-state index is 12.3. The molecule has 1 atom stereocenters. The lowest BCUT2D eigenvalue weighted by molar-refractivity contribution is -0.161. The molecule has 1 N–H and O–H groups in total. The average Bonchev–Trinajstić information content (AvgIpc) is 3.30. The van der Waals surface area contributed by atoms with Gasteiger partial charge in [0, 0.05) is 12.8 Å². The van der Waals surface area contributed by atoms with Gasteiger partial charge in [-0.15, -0.1) is 0 Å². The Morgan fingerprint density at radius 3 is 1.02 bits per heavy atom. The Kier molecular flexibility index (Phi) is 52.9. The SMILES string of the molecule is CC/C=C\C/C=C\C/C=C\C/C=C\C/C=C\CCCCCCCC(=O)OC(CO)COC(=O)CCCCCCCCCCCCCCCCCCCCCCCCCCCCCCC. The van der Waals surface area contributed by atoms with E-state index in [0.717, 1.165) is 89.9 Å². The van der Waals surface area contributed by atoms with Crippen LogP contribution in [0.25, 0.3) is 0 Å². The van der Waals surface area contributed by atoms with Crippen molar-refractivity contribution in [2.75, 3.05) is 13.2 Å². The lowest BCUT2D eigenvalue weighted by Crippen LogP contribution is -2.28. The first-order valence-electron chi connectivity index (χ1n) is 27.8. The largest absolute Gasteiger partial charge is 0.462 e. The van der Waals surface area contributed by atoms with Crippen molar-refractivity contribution in [2.24, 2.45) is 0 Å². The molecule has 0 aromatic carbocycles. The Balaban J connectivity index is 3.47. The van der Waals surface area contributed by atoms with Crippen molar-refractivity contribution in [3.8, 4) is 0 Å². The fourth-order valence-corrected chi connectivity index (χ4v) is 8.17. The van der Waals surface area contributed by atoms with Gasteiger partial charge in [0.2, 0.25) is 0 Å². The van der Waals surface area contributed by atoms with E-state index in [9.17, 15) is 14.7 Å². The maximum Gasteiger partial charge on any atom is 0.306 e. The zero-order valence-electron chi connectivity index (χ0n) is 42.5. The standard InChI is InChI=1S/C59H106O5/c1-3-5-7-9-11-13-15-17-19-21-23-25-26-27-28-29-30-31-32-34-35-37-39-41-43-45-47-49-51-53-58(61)63-56-57(55-60)64-59(62)54-52-50-48-46-44-42-40-38-36-33-24-22-20-18-16-14-12-10-8-6-4-2/h6,8,12,14,18,20,24,33,38,40,57,60H,3-5,7,9-11,13,15-17,19,21-23,25-32,34-37,39,41-56H2,1-2H3/b8-6-,14-12-,20-18-,33-24-,40-38-. The van der Waals surface area contributed by atoms with Gasteiger partial charge in [0.15, 0.2) is 6.10 Å². The minimum Gasteiger partial charge on any atom is -0.462 e. The van der Waals surface area contributed by atoms with Crippen LogP contribution in [0.15, 0.2) is 60.8 Å². The summed E-state index contributed by atoms with van der Waals surface area (Å²) in [7, 11) is 0. The molecule has 0 spiro atoms. The summed E-state index contributed by atoms with van der Waals surface area (Å²) in [6.45, 7) is 4.04. The first-order valence-corrected chi connectivity index (χ1v) is 27.8. The molecule has 0 radical (unpaired) electrons. The first-order chi connectivity index (χ1) is 31.6. The molecular weight excluding hydrogens is 789 g/mol. The summed E-state index contributed by atoms with van der Waals surface area (Å²) in [6, 6.07) is 0. The zero-order valence-corrected chi connectivity index (χ0v) is 42.5. The van der Waals surface area contributed by atoms with E-state index in [1.54, 1.807) is 0 Å². The fraction of sp³-hybridized carbons (Fsp3) is 0.797. The van der Waals surface area contributed by atoms with E-state index in [0.29, 0.717) is 12.8 Å². The zero-order chi connectivity index (χ0) is 46.3. The van der Waals surface area contributed by atoms with Crippen molar-refractivity contribution in [1.82, 2.24) is 0 Å². The lowest BCUT2D eigenvalue weighted by atomic mass is 10.0. The molecule has 0 saturated carbocycles. The van der Waals surface area contributed by atoms with Crippen molar-refractivity contribution >= 4 is 11.9 Å².